The summed E-state index contributed by atoms with van der Waals surface area (Å²) in [4.78, 5) is 23.0. The molecule has 0 radical (unpaired) electrons. The maximum Gasteiger partial charge on any atom is 0.295 e. The minimum atomic E-state index is -0.574. The summed E-state index contributed by atoms with van der Waals surface area (Å²) >= 11 is 0. The van der Waals surface area contributed by atoms with E-state index in [-0.39, 0.29) is 17.6 Å². The topological polar surface area (TPSA) is 79.2 Å². The average molecular weight is 230 g/mol. The number of rotatable bonds is 2. The third kappa shape index (κ3) is 2.39. The van der Waals surface area contributed by atoms with Gasteiger partial charge in [-0.2, -0.15) is 0 Å². The van der Waals surface area contributed by atoms with Gasteiger partial charge in [-0.3, -0.25) is 20.3 Å². The molecule has 1 aliphatic heterocycles. The number of aryl methyl sites for hydroxylation is 1. The standard InChI is InChI=1S/C12H10N2O3/c1-7-2-4-8(5-3-7)9(15)6-10-11(16)14-12(13)17-10/h2-6H,1H3,(H2,13,14,16)/b10-6+. The second-order valence-corrected chi connectivity index (χ2v) is 3.62. The lowest BCUT2D eigenvalue weighted by Gasteiger charge is -1.97. The molecule has 1 aromatic carbocycles. The van der Waals surface area contributed by atoms with Crippen molar-refractivity contribution in [2.45, 2.75) is 6.92 Å². The van der Waals surface area contributed by atoms with Crippen LogP contribution in [-0.2, 0) is 9.53 Å². The molecule has 0 atom stereocenters. The number of ether oxygens (including phenoxy) is 1. The molecule has 17 heavy (non-hydrogen) atoms. The van der Waals surface area contributed by atoms with E-state index in [1.165, 1.54) is 0 Å². The van der Waals surface area contributed by atoms with Crippen LogP contribution in [0.4, 0.5) is 0 Å². The van der Waals surface area contributed by atoms with E-state index < -0.39 is 5.91 Å². The van der Waals surface area contributed by atoms with Gasteiger partial charge in [0.1, 0.15) is 0 Å². The first kappa shape index (κ1) is 11.1. The quantitative estimate of drug-likeness (QED) is 0.590. The van der Waals surface area contributed by atoms with Gasteiger partial charge < -0.3 is 4.74 Å². The van der Waals surface area contributed by atoms with E-state index in [1.807, 2.05) is 19.1 Å². The molecule has 2 N–H and O–H groups in total. The molecule has 5 heteroatoms. The van der Waals surface area contributed by atoms with Crippen LogP contribution in [0.2, 0.25) is 0 Å². The summed E-state index contributed by atoms with van der Waals surface area (Å²) in [6.07, 6.45) is 1.08. The highest BCUT2D eigenvalue weighted by molar-refractivity contribution is 6.14. The number of carbonyl (C=O) groups is 2. The molecule has 86 valence electrons. The maximum absolute atomic E-state index is 11.8. The minimum absolute atomic E-state index is 0.152. The first-order valence-electron chi connectivity index (χ1n) is 4.97. The predicted molar refractivity (Wildman–Crippen MR) is 60.5 cm³/mol. The molecule has 0 aromatic heterocycles. The van der Waals surface area contributed by atoms with Crippen molar-refractivity contribution >= 4 is 17.7 Å². The number of hydrogen-bond donors (Lipinski definition) is 2. The number of allylic oxidation sites excluding steroid dienone is 1. The van der Waals surface area contributed by atoms with Gasteiger partial charge in [0, 0.05) is 11.6 Å². The molecule has 1 amide bonds. The van der Waals surface area contributed by atoms with Crippen molar-refractivity contribution in [2.75, 3.05) is 0 Å². The monoisotopic (exact) mass is 230 g/mol. The molecule has 1 fully saturated rings. The lowest BCUT2D eigenvalue weighted by Crippen LogP contribution is -2.19. The van der Waals surface area contributed by atoms with Crippen LogP contribution >= 0.6 is 0 Å². The molecule has 1 saturated heterocycles. The van der Waals surface area contributed by atoms with E-state index in [0.717, 1.165) is 11.6 Å². The summed E-state index contributed by atoms with van der Waals surface area (Å²) in [5.74, 6) is -1.05. The Labute approximate surface area is 97.6 Å². The Kier molecular flexibility index (Phi) is 2.74. The van der Waals surface area contributed by atoms with Gasteiger partial charge in [-0.25, -0.2) is 0 Å². The Hall–Kier alpha value is -2.43. The van der Waals surface area contributed by atoms with Crippen molar-refractivity contribution in [3.63, 3.8) is 0 Å². The number of hydrogen-bond acceptors (Lipinski definition) is 4. The second-order valence-electron chi connectivity index (χ2n) is 3.62. The number of amides is 1. The molecule has 0 unspecified atom stereocenters. The van der Waals surface area contributed by atoms with E-state index in [0.29, 0.717) is 5.56 Å². The van der Waals surface area contributed by atoms with Crippen LogP contribution in [0.15, 0.2) is 36.1 Å². The molecule has 0 saturated carbocycles. The van der Waals surface area contributed by atoms with E-state index in [1.54, 1.807) is 12.1 Å². The first-order chi connectivity index (χ1) is 8.06. The third-order valence-electron chi connectivity index (χ3n) is 2.26. The summed E-state index contributed by atoms with van der Waals surface area (Å²) in [6.45, 7) is 1.92. The summed E-state index contributed by atoms with van der Waals surface area (Å²) in [5, 5.41) is 9.21. The number of nitrogens with one attached hydrogen (secondary N) is 2. The van der Waals surface area contributed by atoms with Crippen molar-refractivity contribution < 1.29 is 14.3 Å². The zero-order chi connectivity index (χ0) is 12.4. The van der Waals surface area contributed by atoms with Gasteiger partial charge in [-0.15, -0.1) is 0 Å². The lowest BCUT2D eigenvalue weighted by atomic mass is 10.1. The van der Waals surface area contributed by atoms with Gasteiger partial charge in [0.2, 0.25) is 0 Å². The van der Waals surface area contributed by atoms with Crippen LogP contribution in [0.3, 0.4) is 0 Å². The van der Waals surface area contributed by atoms with Crippen LogP contribution in [0.25, 0.3) is 0 Å². The summed E-state index contributed by atoms with van der Waals surface area (Å²) in [6, 6.07) is 6.60. The fraction of sp³-hybridized carbons (Fsp3) is 0.0833. The normalized spacial score (nSPS) is 16.9. The number of carbonyl (C=O) groups excluding carboxylic acids is 2. The fourth-order valence-corrected chi connectivity index (χ4v) is 1.36. The largest absolute Gasteiger partial charge is 0.420 e. The molecule has 1 aliphatic rings. The molecular weight excluding hydrogens is 220 g/mol. The number of benzene rings is 1. The van der Waals surface area contributed by atoms with E-state index in [9.17, 15) is 9.59 Å². The van der Waals surface area contributed by atoms with E-state index in [4.69, 9.17) is 10.1 Å². The molecule has 2 rings (SSSR count). The van der Waals surface area contributed by atoms with Crippen LogP contribution < -0.4 is 5.32 Å². The Morgan fingerprint density at radius 3 is 2.53 bits per heavy atom. The van der Waals surface area contributed by atoms with Crippen molar-refractivity contribution in [2.24, 2.45) is 0 Å². The van der Waals surface area contributed by atoms with Crippen LogP contribution in [0.5, 0.6) is 0 Å². The first-order valence-corrected chi connectivity index (χ1v) is 4.97. The summed E-state index contributed by atoms with van der Waals surface area (Å²) in [5.41, 5.74) is 1.52. The maximum atomic E-state index is 11.8. The molecular formula is C12H10N2O3. The van der Waals surface area contributed by atoms with Gasteiger partial charge in [-0.1, -0.05) is 29.8 Å². The second kappa shape index (κ2) is 4.21. The molecule has 0 aliphatic carbocycles. The SMILES string of the molecule is Cc1ccc(C(=O)/C=C2/OC(=N)NC2=O)cc1. The average Bonchev–Trinajstić information content (AvgIpc) is 2.58. The Balaban J connectivity index is 2.22. The Morgan fingerprint density at radius 2 is 2.00 bits per heavy atom. The Morgan fingerprint density at radius 1 is 1.35 bits per heavy atom. The molecule has 5 nitrogen and oxygen atoms in total. The minimum Gasteiger partial charge on any atom is -0.420 e. The summed E-state index contributed by atoms with van der Waals surface area (Å²) in [7, 11) is 0. The van der Waals surface area contributed by atoms with Crippen molar-refractivity contribution in [3.05, 3.63) is 47.2 Å². The third-order valence-corrected chi connectivity index (χ3v) is 2.26. The Bertz CT molecular complexity index is 529. The van der Waals surface area contributed by atoms with E-state index in [2.05, 4.69) is 5.32 Å². The molecule has 1 aromatic rings. The predicted octanol–water partition coefficient (Wildman–Crippen LogP) is 1.14. The number of ketones is 1. The molecule has 0 spiro atoms. The van der Waals surface area contributed by atoms with Crippen molar-refractivity contribution in [3.8, 4) is 0 Å². The van der Waals surface area contributed by atoms with Gasteiger partial charge >= 0.3 is 0 Å². The van der Waals surface area contributed by atoms with Crippen molar-refractivity contribution in [1.29, 1.82) is 5.41 Å². The zero-order valence-corrected chi connectivity index (χ0v) is 9.11. The van der Waals surface area contributed by atoms with Gasteiger partial charge in [0.25, 0.3) is 11.9 Å². The van der Waals surface area contributed by atoms with Gasteiger partial charge in [-0.05, 0) is 6.92 Å². The van der Waals surface area contributed by atoms with Crippen LogP contribution in [0, 0.1) is 12.3 Å². The molecule has 0 bridgehead atoms. The highest BCUT2D eigenvalue weighted by atomic mass is 16.5. The number of amidine groups is 1. The van der Waals surface area contributed by atoms with Gasteiger partial charge in [0.05, 0.1) is 0 Å². The van der Waals surface area contributed by atoms with E-state index >= 15 is 0 Å². The highest BCUT2D eigenvalue weighted by Crippen LogP contribution is 2.10. The summed E-state index contributed by atoms with van der Waals surface area (Å²) < 4.78 is 4.75. The highest BCUT2D eigenvalue weighted by Gasteiger charge is 2.24. The van der Waals surface area contributed by atoms with Crippen LogP contribution in [-0.4, -0.2) is 17.7 Å². The lowest BCUT2D eigenvalue weighted by molar-refractivity contribution is -0.116. The molecule has 1 heterocycles. The zero-order valence-electron chi connectivity index (χ0n) is 9.11. The van der Waals surface area contributed by atoms with Gasteiger partial charge in [0.15, 0.2) is 11.5 Å². The van der Waals surface area contributed by atoms with Crippen molar-refractivity contribution in [1.82, 2.24) is 5.32 Å². The fourth-order valence-electron chi connectivity index (χ4n) is 1.36. The smallest absolute Gasteiger partial charge is 0.295 e. The van der Waals surface area contributed by atoms with Crippen LogP contribution in [0.1, 0.15) is 15.9 Å².